The topological polar surface area (TPSA) is 83.9 Å². The van der Waals surface area contributed by atoms with Crippen molar-refractivity contribution in [3.05, 3.63) is 83.9 Å². The first-order chi connectivity index (χ1) is 17.5. The van der Waals surface area contributed by atoms with E-state index in [9.17, 15) is 18.3 Å². The van der Waals surface area contributed by atoms with Gasteiger partial charge in [0.25, 0.3) is 0 Å². The number of benzene rings is 3. The van der Waals surface area contributed by atoms with Gasteiger partial charge in [-0.1, -0.05) is 62.4 Å². The van der Waals surface area contributed by atoms with E-state index in [-0.39, 0.29) is 5.92 Å². The van der Waals surface area contributed by atoms with Gasteiger partial charge in [-0.25, -0.2) is 13.2 Å². The van der Waals surface area contributed by atoms with Crippen LogP contribution in [0.3, 0.4) is 0 Å². The Kier molecular flexibility index (Phi) is 7.76. The van der Waals surface area contributed by atoms with E-state index in [4.69, 9.17) is 4.74 Å². The molecule has 3 aromatic carbocycles. The van der Waals surface area contributed by atoms with Gasteiger partial charge in [-0.3, -0.25) is 0 Å². The Morgan fingerprint density at radius 2 is 1.68 bits per heavy atom. The molecule has 1 aliphatic heterocycles. The maximum absolute atomic E-state index is 13.7. The highest BCUT2D eigenvalue weighted by Gasteiger charge is 2.32. The molecule has 0 spiro atoms. The van der Waals surface area contributed by atoms with Crippen molar-refractivity contribution in [3.63, 3.8) is 0 Å². The van der Waals surface area contributed by atoms with Crippen LogP contribution in [0.25, 0.3) is 11.1 Å². The summed E-state index contributed by atoms with van der Waals surface area (Å²) < 4.78 is 34.7. The zero-order valence-electron chi connectivity index (χ0n) is 21.8. The molecule has 1 atom stereocenters. The predicted octanol–water partition coefficient (Wildman–Crippen LogP) is 6.29. The minimum Gasteiger partial charge on any atom is -0.478 e. The fourth-order valence-electron chi connectivity index (χ4n) is 4.67. The highest BCUT2D eigenvalue weighted by atomic mass is 32.2. The molecule has 4 rings (SSSR count). The molecule has 1 saturated heterocycles. The fraction of sp³-hybridized carbons (Fsp3) is 0.367. The maximum Gasteiger partial charge on any atom is 0.347 e. The van der Waals surface area contributed by atoms with E-state index >= 15 is 0 Å². The molecular formula is C30H35NO5S. The van der Waals surface area contributed by atoms with E-state index in [1.165, 1.54) is 19.4 Å². The van der Waals surface area contributed by atoms with Crippen molar-refractivity contribution in [2.45, 2.75) is 62.9 Å². The van der Waals surface area contributed by atoms with Crippen molar-refractivity contribution < 1.29 is 23.1 Å². The summed E-state index contributed by atoms with van der Waals surface area (Å²) >= 11 is 0. The van der Waals surface area contributed by atoms with Gasteiger partial charge in [0.15, 0.2) is 5.60 Å². The molecule has 0 radical (unpaired) electrons. The lowest BCUT2D eigenvalue weighted by Crippen LogP contribution is -2.39. The Balaban J connectivity index is 1.56. The lowest BCUT2D eigenvalue weighted by molar-refractivity contribution is -0.152. The van der Waals surface area contributed by atoms with Crippen LogP contribution in [0, 0.1) is 0 Å². The van der Waals surface area contributed by atoms with E-state index in [1.54, 1.807) is 28.6 Å². The second kappa shape index (κ2) is 10.7. The van der Waals surface area contributed by atoms with Crippen molar-refractivity contribution in [1.82, 2.24) is 4.31 Å². The summed E-state index contributed by atoms with van der Waals surface area (Å²) in [7, 11) is -3.69. The number of aliphatic carboxylic acids is 1. The zero-order chi connectivity index (χ0) is 26.8. The van der Waals surface area contributed by atoms with Crippen molar-refractivity contribution in [2.75, 3.05) is 13.1 Å². The Morgan fingerprint density at radius 1 is 1.00 bits per heavy atom. The highest BCUT2D eigenvalue weighted by Crippen LogP contribution is 2.34. The van der Waals surface area contributed by atoms with Crippen LogP contribution in [0.4, 0.5) is 0 Å². The van der Waals surface area contributed by atoms with E-state index in [1.807, 2.05) is 36.4 Å². The van der Waals surface area contributed by atoms with Gasteiger partial charge in [0, 0.05) is 13.1 Å². The lowest BCUT2D eigenvalue weighted by Gasteiger charge is -2.32. The minimum atomic E-state index is -3.69. The number of piperidine rings is 1. The van der Waals surface area contributed by atoms with Gasteiger partial charge in [-0.15, -0.1) is 0 Å². The summed E-state index contributed by atoms with van der Waals surface area (Å²) in [5, 5.41) is 9.38. The van der Waals surface area contributed by atoms with Crippen LogP contribution in [0.2, 0.25) is 0 Å². The molecule has 1 unspecified atom stereocenters. The molecule has 0 aliphatic carbocycles. The van der Waals surface area contributed by atoms with E-state index in [2.05, 4.69) is 26.0 Å². The SMILES string of the molecule is CC(C)c1cccc(-c2cccc(S(=O)(=O)N3CCCC(c4cccc(OC(C)(C)C(=O)O)c4)C3)c2)c1. The molecule has 1 fully saturated rings. The lowest BCUT2D eigenvalue weighted by atomic mass is 9.91. The van der Waals surface area contributed by atoms with Crippen LogP contribution in [0.5, 0.6) is 5.75 Å². The van der Waals surface area contributed by atoms with Crippen LogP contribution < -0.4 is 4.74 Å². The number of carboxylic acid groups (broad SMARTS) is 1. The van der Waals surface area contributed by atoms with Crippen molar-refractivity contribution in [1.29, 1.82) is 0 Å². The summed E-state index contributed by atoms with van der Waals surface area (Å²) in [5.74, 6) is -0.214. The molecule has 6 nitrogen and oxygen atoms in total. The van der Waals surface area contributed by atoms with E-state index in [0.717, 1.165) is 29.5 Å². The average Bonchev–Trinajstić information content (AvgIpc) is 2.88. The van der Waals surface area contributed by atoms with Crippen LogP contribution in [-0.2, 0) is 14.8 Å². The van der Waals surface area contributed by atoms with Crippen molar-refractivity contribution >= 4 is 16.0 Å². The Bertz CT molecular complexity index is 1380. The van der Waals surface area contributed by atoms with Gasteiger partial charge < -0.3 is 9.84 Å². The van der Waals surface area contributed by atoms with E-state index in [0.29, 0.717) is 29.7 Å². The molecule has 0 saturated carbocycles. The summed E-state index contributed by atoms with van der Waals surface area (Å²) in [6.07, 6.45) is 1.59. The molecule has 1 N–H and O–H groups in total. The monoisotopic (exact) mass is 521 g/mol. The molecule has 0 bridgehead atoms. The van der Waals surface area contributed by atoms with E-state index < -0.39 is 21.6 Å². The van der Waals surface area contributed by atoms with Crippen LogP contribution >= 0.6 is 0 Å². The smallest absolute Gasteiger partial charge is 0.347 e. The fourth-order valence-corrected chi connectivity index (χ4v) is 6.24. The predicted molar refractivity (Wildman–Crippen MR) is 145 cm³/mol. The molecular weight excluding hydrogens is 486 g/mol. The molecule has 1 aliphatic rings. The Morgan fingerprint density at radius 3 is 2.38 bits per heavy atom. The Hall–Kier alpha value is -3.16. The molecule has 196 valence electrons. The number of nitrogens with zero attached hydrogens (tertiary/aromatic N) is 1. The number of rotatable bonds is 8. The standard InChI is InChI=1S/C30H35NO5S/c1-21(2)22-9-5-10-23(17-22)25-12-7-15-28(19-25)37(34,35)31-16-8-13-26(20-31)24-11-6-14-27(18-24)36-30(3,4)29(32)33/h5-7,9-12,14-15,17-19,21,26H,8,13,16,20H2,1-4H3,(H,32,33). The van der Waals surface area contributed by atoms with Gasteiger partial charge in [0.1, 0.15) is 5.75 Å². The molecule has 0 amide bonds. The number of hydrogen-bond donors (Lipinski definition) is 1. The van der Waals surface area contributed by atoms with Gasteiger partial charge in [-0.2, -0.15) is 4.31 Å². The number of carboxylic acids is 1. The van der Waals surface area contributed by atoms with Gasteiger partial charge in [-0.05, 0) is 85.0 Å². The number of carbonyl (C=O) groups is 1. The third kappa shape index (κ3) is 6.05. The first-order valence-corrected chi connectivity index (χ1v) is 14.1. The van der Waals surface area contributed by atoms with Crippen LogP contribution in [0.15, 0.2) is 77.7 Å². The summed E-state index contributed by atoms with van der Waals surface area (Å²) in [5.41, 5.74) is 2.67. The molecule has 7 heteroatoms. The molecule has 1 heterocycles. The quantitative estimate of drug-likeness (QED) is 0.377. The molecule has 3 aromatic rings. The Labute approximate surface area is 220 Å². The van der Waals surface area contributed by atoms with Gasteiger partial charge >= 0.3 is 5.97 Å². The first-order valence-electron chi connectivity index (χ1n) is 12.7. The number of ether oxygens (including phenoxy) is 1. The number of sulfonamides is 1. The van der Waals surface area contributed by atoms with Gasteiger partial charge in [0.2, 0.25) is 10.0 Å². The first kappa shape index (κ1) is 26.9. The van der Waals surface area contributed by atoms with Crippen LogP contribution in [-0.4, -0.2) is 42.5 Å². The third-order valence-electron chi connectivity index (χ3n) is 6.96. The summed E-state index contributed by atoms with van der Waals surface area (Å²) in [4.78, 5) is 11.8. The molecule has 37 heavy (non-hydrogen) atoms. The minimum absolute atomic E-state index is 0.00841. The number of hydrogen-bond acceptors (Lipinski definition) is 4. The van der Waals surface area contributed by atoms with Crippen LogP contribution in [0.1, 0.15) is 63.5 Å². The molecule has 0 aromatic heterocycles. The zero-order valence-corrected chi connectivity index (χ0v) is 22.7. The van der Waals surface area contributed by atoms with Crippen molar-refractivity contribution in [3.8, 4) is 16.9 Å². The largest absolute Gasteiger partial charge is 0.478 e. The second-order valence-corrected chi connectivity index (χ2v) is 12.4. The highest BCUT2D eigenvalue weighted by molar-refractivity contribution is 7.89. The average molecular weight is 522 g/mol. The second-order valence-electron chi connectivity index (χ2n) is 10.5. The normalized spacial score (nSPS) is 17.1. The summed E-state index contributed by atoms with van der Waals surface area (Å²) in [6, 6.07) is 22.7. The maximum atomic E-state index is 13.7. The third-order valence-corrected chi connectivity index (χ3v) is 8.82. The summed E-state index contributed by atoms with van der Waals surface area (Å²) in [6.45, 7) is 8.12. The van der Waals surface area contributed by atoms with Crippen molar-refractivity contribution in [2.24, 2.45) is 0 Å². The van der Waals surface area contributed by atoms with Gasteiger partial charge in [0.05, 0.1) is 4.90 Å².